The number of aromatic hydroxyl groups is 2. The van der Waals surface area contributed by atoms with Crippen LogP contribution in [0.4, 0.5) is 5.69 Å². The van der Waals surface area contributed by atoms with E-state index in [1.165, 1.54) is 11.2 Å². The Morgan fingerprint density at radius 1 is 1.50 bits per heavy atom. The van der Waals surface area contributed by atoms with E-state index in [0.717, 1.165) is 18.2 Å². The van der Waals surface area contributed by atoms with Gasteiger partial charge in [-0.1, -0.05) is 0 Å². The van der Waals surface area contributed by atoms with Crippen LogP contribution in [-0.4, -0.2) is 45.4 Å². The van der Waals surface area contributed by atoms with Gasteiger partial charge < -0.3 is 10.2 Å². The summed E-state index contributed by atoms with van der Waals surface area (Å²) in [7, 11) is 0. The van der Waals surface area contributed by atoms with Gasteiger partial charge in [-0.25, -0.2) is 0 Å². The SMILES string of the molecule is N#C/C(=C\c1cc(O)c(O)c([N+](=O)[O-])c1)C(=O)N1C=NCC1. The zero-order valence-corrected chi connectivity index (χ0v) is 11.1. The van der Waals surface area contributed by atoms with E-state index in [2.05, 4.69) is 4.99 Å². The highest BCUT2D eigenvalue weighted by atomic mass is 16.6. The molecule has 1 heterocycles. The molecule has 22 heavy (non-hydrogen) atoms. The van der Waals surface area contributed by atoms with Gasteiger partial charge in [0.05, 0.1) is 17.8 Å². The van der Waals surface area contributed by atoms with Crippen LogP contribution < -0.4 is 0 Å². The first-order chi connectivity index (χ1) is 10.4. The van der Waals surface area contributed by atoms with Crippen LogP contribution in [0.25, 0.3) is 6.08 Å². The molecule has 9 nitrogen and oxygen atoms in total. The molecule has 0 fully saturated rings. The lowest BCUT2D eigenvalue weighted by molar-refractivity contribution is -0.386. The molecule has 1 aromatic carbocycles. The number of rotatable bonds is 3. The molecule has 0 saturated heterocycles. The number of benzene rings is 1. The molecule has 2 rings (SSSR count). The zero-order valence-electron chi connectivity index (χ0n) is 11.1. The average Bonchev–Trinajstić information content (AvgIpc) is 3.01. The first-order valence-corrected chi connectivity index (χ1v) is 6.07. The number of nitro benzene ring substituents is 1. The zero-order chi connectivity index (χ0) is 16.3. The van der Waals surface area contributed by atoms with Crippen LogP contribution in [-0.2, 0) is 4.79 Å². The van der Waals surface area contributed by atoms with Crippen molar-refractivity contribution in [1.82, 2.24) is 4.90 Å². The van der Waals surface area contributed by atoms with Gasteiger partial charge in [0.1, 0.15) is 11.6 Å². The Bertz CT molecular complexity index is 748. The highest BCUT2D eigenvalue weighted by Gasteiger charge is 2.21. The smallest absolute Gasteiger partial charge is 0.315 e. The fraction of sp³-hybridized carbons (Fsp3) is 0.154. The average molecular weight is 302 g/mol. The minimum atomic E-state index is -0.882. The van der Waals surface area contributed by atoms with E-state index in [1.54, 1.807) is 6.07 Å². The lowest BCUT2D eigenvalue weighted by atomic mass is 10.1. The Balaban J connectivity index is 2.42. The minimum absolute atomic E-state index is 0.0445. The van der Waals surface area contributed by atoms with Crippen LogP contribution in [0.1, 0.15) is 5.56 Å². The molecule has 0 aromatic heterocycles. The molecule has 1 aromatic rings. The number of phenols is 2. The Hall–Kier alpha value is -3.41. The molecular weight excluding hydrogens is 292 g/mol. The third-order valence-electron chi connectivity index (χ3n) is 2.90. The summed E-state index contributed by atoms with van der Waals surface area (Å²) in [6.07, 6.45) is 2.41. The third kappa shape index (κ3) is 2.85. The number of nitro groups is 1. The number of carbonyl (C=O) groups excluding carboxylic acids is 1. The summed E-state index contributed by atoms with van der Waals surface area (Å²) in [6, 6.07) is 3.68. The molecule has 112 valence electrons. The summed E-state index contributed by atoms with van der Waals surface area (Å²) >= 11 is 0. The predicted octanol–water partition coefficient (Wildman–Crippen LogP) is 0.783. The maximum atomic E-state index is 12.0. The van der Waals surface area contributed by atoms with Crippen LogP contribution >= 0.6 is 0 Å². The van der Waals surface area contributed by atoms with Crippen LogP contribution in [0.3, 0.4) is 0 Å². The molecule has 0 aliphatic carbocycles. The van der Waals surface area contributed by atoms with Crippen molar-refractivity contribution in [2.75, 3.05) is 13.1 Å². The van der Waals surface area contributed by atoms with E-state index in [0.29, 0.717) is 13.1 Å². The minimum Gasteiger partial charge on any atom is -0.504 e. The summed E-state index contributed by atoms with van der Waals surface area (Å²) in [5, 5.41) is 38.7. The number of nitriles is 1. The number of hydrogen-bond acceptors (Lipinski definition) is 7. The van der Waals surface area contributed by atoms with Crippen LogP contribution in [0.5, 0.6) is 11.5 Å². The van der Waals surface area contributed by atoms with Gasteiger partial charge in [-0.05, 0) is 17.7 Å². The summed E-state index contributed by atoms with van der Waals surface area (Å²) in [4.78, 5) is 27.0. The first-order valence-electron chi connectivity index (χ1n) is 6.07. The molecule has 0 saturated carbocycles. The van der Waals surface area contributed by atoms with E-state index in [1.807, 2.05) is 0 Å². The van der Waals surface area contributed by atoms with E-state index in [-0.39, 0.29) is 11.1 Å². The van der Waals surface area contributed by atoms with Crippen LogP contribution in [0.15, 0.2) is 22.7 Å². The van der Waals surface area contributed by atoms with Gasteiger partial charge in [-0.2, -0.15) is 5.26 Å². The molecule has 9 heteroatoms. The Labute approximate surface area is 124 Å². The van der Waals surface area contributed by atoms with Crippen LogP contribution in [0.2, 0.25) is 0 Å². The van der Waals surface area contributed by atoms with Crippen molar-refractivity contribution < 1.29 is 19.9 Å². The number of nitrogens with zero attached hydrogens (tertiary/aromatic N) is 4. The maximum absolute atomic E-state index is 12.0. The van der Waals surface area contributed by atoms with E-state index < -0.39 is 28.0 Å². The standard InChI is InChI=1S/C13H10N4O5/c14-6-9(13(20)16-2-1-15-7-16)3-8-4-10(17(21)22)12(19)11(18)5-8/h3-5,7,18-19H,1-2H2/b9-3+. The lowest BCUT2D eigenvalue weighted by Crippen LogP contribution is -2.28. The summed E-state index contributed by atoms with van der Waals surface area (Å²) in [6.45, 7) is 0.786. The van der Waals surface area contributed by atoms with Gasteiger partial charge in [-0.3, -0.25) is 24.8 Å². The molecular formula is C13H10N4O5. The molecule has 1 aliphatic rings. The quantitative estimate of drug-likeness (QED) is 0.278. The van der Waals surface area contributed by atoms with Gasteiger partial charge in [0.25, 0.3) is 5.91 Å². The summed E-state index contributed by atoms with van der Waals surface area (Å²) < 4.78 is 0. The van der Waals surface area contributed by atoms with Crippen molar-refractivity contribution in [3.05, 3.63) is 33.4 Å². The molecule has 0 unspecified atom stereocenters. The highest BCUT2D eigenvalue weighted by molar-refractivity contribution is 6.06. The van der Waals surface area contributed by atoms with Gasteiger partial charge in [-0.15, -0.1) is 0 Å². The lowest BCUT2D eigenvalue weighted by Gasteiger charge is -2.10. The number of carbonyl (C=O) groups is 1. The normalized spacial score (nSPS) is 14.0. The van der Waals surface area contributed by atoms with E-state index in [9.17, 15) is 25.1 Å². The second kappa shape index (κ2) is 5.92. The van der Waals surface area contributed by atoms with Crippen LogP contribution in [0, 0.1) is 21.4 Å². The Kier molecular flexibility index (Phi) is 4.04. The van der Waals surface area contributed by atoms with Crippen molar-refractivity contribution in [3.8, 4) is 17.6 Å². The van der Waals surface area contributed by atoms with Gasteiger partial charge >= 0.3 is 5.69 Å². The molecule has 0 radical (unpaired) electrons. The van der Waals surface area contributed by atoms with Gasteiger partial charge in [0.15, 0.2) is 5.75 Å². The van der Waals surface area contributed by atoms with Crippen molar-refractivity contribution in [2.24, 2.45) is 4.99 Å². The van der Waals surface area contributed by atoms with Crippen molar-refractivity contribution >= 4 is 24.0 Å². The predicted molar refractivity (Wildman–Crippen MR) is 75.1 cm³/mol. The fourth-order valence-corrected chi connectivity index (χ4v) is 1.84. The molecule has 0 bridgehead atoms. The van der Waals surface area contributed by atoms with Crippen molar-refractivity contribution in [2.45, 2.75) is 0 Å². The third-order valence-corrected chi connectivity index (χ3v) is 2.90. The number of phenolic OH excluding ortho intramolecular Hbond substituents is 2. The van der Waals surface area contributed by atoms with Crippen molar-refractivity contribution in [3.63, 3.8) is 0 Å². The Morgan fingerprint density at radius 2 is 2.23 bits per heavy atom. The molecule has 1 aliphatic heterocycles. The fourth-order valence-electron chi connectivity index (χ4n) is 1.84. The molecule has 0 spiro atoms. The molecule has 2 N–H and O–H groups in total. The first kappa shape index (κ1) is 15.0. The second-order valence-electron chi connectivity index (χ2n) is 4.35. The number of aliphatic imine (C=N–C) groups is 1. The number of amides is 1. The Morgan fingerprint density at radius 3 is 2.77 bits per heavy atom. The second-order valence-corrected chi connectivity index (χ2v) is 4.35. The molecule has 1 amide bonds. The number of hydrogen-bond donors (Lipinski definition) is 2. The topological polar surface area (TPSA) is 140 Å². The molecule has 0 atom stereocenters. The van der Waals surface area contributed by atoms with Crippen molar-refractivity contribution in [1.29, 1.82) is 5.26 Å². The monoisotopic (exact) mass is 302 g/mol. The maximum Gasteiger partial charge on any atom is 0.315 e. The summed E-state index contributed by atoms with van der Waals surface area (Å²) in [5.74, 6) is -2.19. The summed E-state index contributed by atoms with van der Waals surface area (Å²) in [5.41, 5.74) is -0.950. The van der Waals surface area contributed by atoms with Gasteiger partial charge in [0.2, 0.25) is 5.75 Å². The van der Waals surface area contributed by atoms with E-state index >= 15 is 0 Å². The van der Waals surface area contributed by atoms with E-state index in [4.69, 9.17) is 5.26 Å². The van der Waals surface area contributed by atoms with Gasteiger partial charge in [0, 0.05) is 12.6 Å². The largest absolute Gasteiger partial charge is 0.504 e. The highest BCUT2D eigenvalue weighted by Crippen LogP contribution is 2.36.